The first-order chi connectivity index (χ1) is 24.4. The molecule has 1 aromatic heterocycles. The van der Waals surface area contributed by atoms with E-state index in [1.165, 1.54) is 7.11 Å². The number of unbranched alkanes of at least 4 members (excludes halogenated alkanes) is 1. The highest BCUT2D eigenvalue weighted by Crippen LogP contribution is 2.49. The predicted molar refractivity (Wildman–Crippen MR) is 201 cm³/mol. The minimum atomic E-state index is -3.59. The molecule has 1 aliphatic rings. The van der Waals surface area contributed by atoms with Crippen molar-refractivity contribution in [2.75, 3.05) is 40.0 Å². The smallest absolute Gasteiger partial charge is 0.330 e. The van der Waals surface area contributed by atoms with Gasteiger partial charge in [-0.2, -0.15) is 0 Å². The molecule has 0 bridgehead atoms. The second-order valence-electron chi connectivity index (χ2n) is 12.9. The number of Topliss-reactive ketones (excluding diaryl/α,β-unsaturated/α-hetero) is 1. The normalized spacial score (nSPS) is 22.5. The Kier molecular flexibility index (Phi) is 21.0. The molecule has 0 aromatic carbocycles. The van der Waals surface area contributed by atoms with E-state index in [1.807, 2.05) is 12.0 Å². The minimum Gasteiger partial charge on any atom is -0.387 e. The third-order valence-corrected chi connectivity index (χ3v) is 10.4. The fraction of sp³-hybridized carbons (Fsp3) is 0.605. The first-order valence-electron chi connectivity index (χ1n) is 18.0. The molecule has 5 atom stereocenters. The molecule has 51 heavy (non-hydrogen) atoms. The van der Waals surface area contributed by atoms with Gasteiger partial charge in [-0.05, 0) is 84.8 Å². The van der Waals surface area contributed by atoms with E-state index in [0.29, 0.717) is 32.4 Å². The summed E-state index contributed by atoms with van der Waals surface area (Å²) < 4.78 is 45.7. The summed E-state index contributed by atoms with van der Waals surface area (Å²) >= 11 is 0. The van der Waals surface area contributed by atoms with E-state index in [2.05, 4.69) is 72.6 Å². The molecule has 2 N–H and O–H groups in total. The number of alkyl halides is 1. The van der Waals surface area contributed by atoms with Crippen LogP contribution in [-0.4, -0.2) is 83.2 Å². The van der Waals surface area contributed by atoms with Crippen molar-refractivity contribution in [2.45, 2.75) is 109 Å². The SMILES string of the molecule is CC/C=C\C/C=C\C/C=C\C/C=C\C/C=C\CCCC(=O)CCCN(C)CCCP(=O)(OC)OC[C@H]1O[C@@H](n2ccc(=O)[nH]c2=O)[C@](C)(F)[C@@H]1O. The number of nitrogens with zero attached hydrogens (tertiary/aromatic N) is 2. The minimum absolute atomic E-state index is 0.0844. The Morgan fingerprint density at radius 2 is 1.57 bits per heavy atom. The van der Waals surface area contributed by atoms with Gasteiger partial charge in [-0.15, -0.1) is 0 Å². The van der Waals surface area contributed by atoms with Gasteiger partial charge in [-0.25, -0.2) is 9.18 Å². The summed E-state index contributed by atoms with van der Waals surface area (Å²) in [6, 6.07) is 1.04. The van der Waals surface area contributed by atoms with Crippen LogP contribution in [0.15, 0.2) is 82.6 Å². The molecule has 11 nitrogen and oxygen atoms in total. The number of aliphatic hydroxyl groups is 1. The number of rotatable bonds is 26. The average Bonchev–Trinajstić information content (AvgIpc) is 3.32. The van der Waals surface area contributed by atoms with Gasteiger partial charge in [0.15, 0.2) is 11.9 Å². The van der Waals surface area contributed by atoms with Crippen LogP contribution in [0.5, 0.6) is 0 Å². The van der Waals surface area contributed by atoms with Gasteiger partial charge in [-0.1, -0.05) is 67.7 Å². The molecular formula is C38H59FN3O8P. The highest BCUT2D eigenvalue weighted by atomic mass is 31.2. The van der Waals surface area contributed by atoms with Gasteiger partial charge < -0.3 is 23.8 Å². The van der Waals surface area contributed by atoms with Gasteiger partial charge in [0, 0.05) is 32.2 Å². The van der Waals surface area contributed by atoms with Crippen LogP contribution in [0.2, 0.25) is 0 Å². The number of ether oxygens (including phenoxy) is 1. The zero-order chi connectivity index (χ0) is 37.5. The van der Waals surface area contributed by atoms with Gasteiger partial charge in [0.25, 0.3) is 5.56 Å². The monoisotopic (exact) mass is 735 g/mol. The number of carbonyl (C=O) groups excluding carboxylic acids is 1. The second-order valence-corrected chi connectivity index (χ2v) is 15.1. The van der Waals surface area contributed by atoms with Crippen LogP contribution in [0.1, 0.15) is 90.7 Å². The molecule has 0 aliphatic carbocycles. The number of nitrogens with one attached hydrogen (secondary N) is 1. The first kappa shape index (κ1) is 44.2. The highest BCUT2D eigenvalue weighted by molar-refractivity contribution is 7.53. The lowest BCUT2D eigenvalue weighted by Gasteiger charge is -2.24. The van der Waals surface area contributed by atoms with Crippen LogP contribution in [-0.2, 0) is 23.1 Å². The quantitative estimate of drug-likeness (QED) is 0.0587. The number of aromatic amines is 1. The maximum absolute atomic E-state index is 15.4. The molecule has 13 heteroatoms. The van der Waals surface area contributed by atoms with E-state index < -0.39 is 49.6 Å². The van der Waals surface area contributed by atoms with Crippen molar-refractivity contribution >= 4 is 13.4 Å². The van der Waals surface area contributed by atoms with Crippen LogP contribution in [0.4, 0.5) is 4.39 Å². The number of H-pyrrole nitrogens is 1. The fourth-order valence-electron chi connectivity index (χ4n) is 5.46. The summed E-state index contributed by atoms with van der Waals surface area (Å²) in [5.41, 5.74) is -3.94. The number of hydrogen-bond donors (Lipinski definition) is 2. The second kappa shape index (κ2) is 24.3. The topological polar surface area (TPSA) is 140 Å². The molecule has 2 rings (SSSR count). The molecule has 1 saturated heterocycles. The maximum atomic E-state index is 15.4. The summed E-state index contributed by atoms with van der Waals surface area (Å²) in [6.45, 7) is 4.09. The van der Waals surface area contributed by atoms with Crippen molar-refractivity contribution in [3.05, 3.63) is 93.9 Å². The summed E-state index contributed by atoms with van der Waals surface area (Å²) in [6.07, 6.45) is 27.3. The number of carbonyl (C=O) groups is 1. The van der Waals surface area contributed by atoms with Crippen molar-refractivity contribution in [2.24, 2.45) is 0 Å². The van der Waals surface area contributed by atoms with E-state index in [4.69, 9.17) is 13.8 Å². The van der Waals surface area contributed by atoms with Gasteiger partial charge >= 0.3 is 13.3 Å². The molecule has 0 spiro atoms. The summed E-state index contributed by atoms with van der Waals surface area (Å²) in [5, 5.41) is 10.6. The molecule has 286 valence electrons. The van der Waals surface area contributed by atoms with E-state index >= 15 is 4.39 Å². The average molecular weight is 736 g/mol. The highest BCUT2D eigenvalue weighted by Gasteiger charge is 2.55. The number of aromatic nitrogens is 2. The number of halogens is 1. The lowest BCUT2D eigenvalue weighted by atomic mass is 9.98. The van der Waals surface area contributed by atoms with Crippen LogP contribution in [0.3, 0.4) is 0 Å². The third kappa shape index (κ3) is 16.9. The zero-order valence-electron chi connectivity index (χ0n) is 30.8. The molecule has 1 fully saturated rings. The Balaban J connectivity index is 1.57. The van der Waals surface area contributed by atoms with Crippen molar-refractivity contribution in [3.63, 3.8) is 0 Å². The van der Waals surface area contributed by atoms with Gasteiger partial charge in [-0.3, -0.25) is 23.7 Å². The molecule has 0 saturated carbocycles. The lowest BCUT2D eigenvalue weighted by molar-refractivity contribution is -0.119. The maximum Gasteiger partial charge on any atom is 0.330 e. The molecule has 0 amide bonds. The zero-order valence-corrected chi connectivity index (χ0v) is 31.7. The summed E-state index contributed by atoms with van der Waals surface area (Å²) in [4.78, 5) is 40.0. The Morgan fingerprint density at radius 1 is 1.00 bits per heavy atom. The Hall–Kier alpha value is -2.99. The number of allylic oxidation sites excluding steroid dienone is 10. The summed E-state index contributed by atoms with van der Waals surface area (Å²) in [7, 11) is -0.409. The molecule has 1 unspecified atom stereocenters. The van der Waals surface area contributed by atoms with Crippen molar-refractivity contribution in [1.29, 1.82) is 0 Å². The van der Waals surface area contributed by atoms with Crippen molar-refractivity contribution in [3.8, 4) is 0 Å². The van der Waals surface area contributed by atoms with E-state index in [9.17, 15) is 24.1 Å². The van der Waals surface area contributed by atoms with E-state index in [-0.39, 0.29) is 11.9 Å². The van der Waals surface area contributed by atoms with Gasteiger partial charge in [0.2, 0.25) is 0 Å². The van der Waals surface area contributed by atoms with Crippen molar-refractivity contribution in [1.82, 2.24) is 14.5 Å². The molecule has 1 aliphatic heterocycles. The van der Waals surface area contributed by atoms with Crippen LogP contribution in [0, 0.1) is 0 Å². The van der Waals surface area contributed by atoms with E-state index in [0.717, 1.165) is 75.1 Å². The molecular weight excluding hydrogens is 676 g/mol. The number of hydrogen-bond acceptors (Lipinski definition) is 9. The lowest BCUT2D eigenvalue weighted by Crippen LogP contribution is -2.43. The standard InChI is InChI=1S/C38H59FN3O8P/c1-5-6-7-8-9-10-11-12-13-14-15-16-17-18-19-20-21-24-32(43)25-22-27-41(3)28-23-30-51(47,48-4)49-31-33-35(45)38(2,39)36(50-33)42-29-26-34(44)40-37(42)46/h6-7,9-10,12-13,15-16,18-19,26,29,33,35-36,45H,5,8,11,14,17,20-25,27-28,30-31H2,1-4H3,(H,40,44,46)/b7-6-,10-9-,13-12-,16-15-,19-18-/t33-,35-,36-,38-,51?/m1/s1. The Labute approximate surface area is 302 Å². The van der Waals surface area contributed by atoms with Crippen molar-refractivity contribution < 1.29 is 32.6 Å². The molecule has 2 heterocycles. The molecule has 0 radical (unpaired) electrons. The fourth-order valence-corrected chi connectivity index (χ4v) is 6.78. The van der Waals surface area contributed by atoms with Gasteiger partial charge in [0.05, 0.1) is 12.8 Å². The number of ketones is 1. The van der Waals surface area contributed by atoms with Crippen LogP contribution < -0.4 is 11.2 Å². The largest absolute Gasteiger partial charge is 0.387 e. The Morgan fingerprint density at radius 3 is 2.16 bits per heavy atom. The predicted octanol–water partition coefficient (Wildman–Crippen LogP) is 6.97. The number of aliphatic hydroxyl groups excluding tert-OH is 1. The van der Waals surface area contributed by atoms with Crippen LogP contribution in [0.25, 0.3) is 0 Å². The van der Waals surface area contributed by atoms with Crippen LogP contribution >= 0.6 is 7.60 Å². The molecule has 1 aromatic rings. The first-order valence-corrected chi connectivity index (χ1v) is 19.7. The summed E-state index contributed by atoms with van der Waals surface area (Å²) in [5.74, 6) is 0.251. The van der Waals surface area contributed by atoms with Gasteiger partial charge in [0.1, 0.15) is 18.0 Å². The Bertz CT molecular complexity index is 1480. The van der Waals surface area contributed by atoms with E-state index in [1.54, 1.807) is 0 Å². The third-order valence-electron chi connectivity index (χ3n) is 8.49.